The highest BCUT2D eigenvalue weighted by Crippen LogP contribution is 2.19. The Balaban J connectivity index is 1.28. The van der Waals surface area contributed by atoms with Gasteiger partial charge in [0.15, 0.2) is 5.96 Å². The van der Waals surface area contributed by atoms with E-state index < -0.39 is 0 Å². The topological polar surface area (TPSA) is 56.5 Å². The van der Waals surface area contributed by atoms with Gasteiger partial charge in [0.2, 0.25) is 0 Å². The fourth-order valence-electron chi connectivity index (χ4n) is 4.73. The van der Waals surface area contributed by atoms with Crippen molar-refractivity contribution in [2.75, 3.05) is 60.0 Å². The molecule has 174 valence electrons. The summed E-state index contributed by atoms with van der Waals surface area (Å²) in [5.74, 6) is 2.70. The highest BCUT2D eigenvalue weighted by molar-refractivity contribution is 5.80. The second-order valence-corrected chi connectivity index (χ2v) is 8.93. The average Bonchev–Trinajstić information content (AvgIpc) is 3.48. The molecular formula is C25H37N5O2. The molecule has 2 fully saturated rings. The summed E-state index contributed by atoms with van der Waals surface area (Å²) in [4.78, 5) is 11.8. The van der Waals surface area contributed by atoms with Gasteiger partial charge >= 0.3 is 0 Å². The van der Waals surface area contributed by atoms with Gasteiger partial charge in [0.25, 0.3) is 0 Å². The number of benzene rings is 1. The van der Waals surface area contributed by atoms with Crippen LogP contribution in [0.4, 0.5) is 0 Å². The van der Waals surface area contributed by atoms with Gasteiger partial charge in [-0.25, -0.2) is 0 Å². The minimum Gasteiger partial charge on any atom is -0.468 e. The minimum absolute atomic E-state index is 0.703. The average molecular weight is 440 g/mol. The summed E-state index contributed by atoms with van der Waals surface area (Å²) in [6.07, 6.45) is 2.96. The smallest absolute Gasteiger partial charge is 0.193 e. The molecule has 32 heavy (non-hydrogen) atoms. The number of likely N-dealkylation sites (tertiary alicyclic amines) is 1. The summed E-state index contributed by atoms with van der Waals surface area (Å²) in [7, 11) is 4.02. The van der Waals surface area contributed by atoms with Gasteiger partial charge in [-0.2, -0.15) is 0 Å². The molecule has 2 aliphatic rings. The first-order chi connectivity index (χ1) is 15.7. The Kier molecular flexibility index (Phi) is 8.20. The molecule has 7 heteroatoms. The van der Waals surface area contributed by atoms with E-state index >= 15 is 0 Å². The van der Waals surface area contributed by atoms with Crippen LogP contribution in [0.5, 0.6) is 0 Å². The molecule has 1 aromatic heterocycles. The molecule has 3 heterocycles. The van der Waals surface area contributed by atoms with Crippen LogP contribution in [0.25, 0.3) is 0 Å². The summed E-state index contributed by atoms with van der Waals surface area (Å²) in [6.45, 7) is 9.64. The van der Waals surface area contributed by atoms with E-state index in [1.165, 1.54) is 24.1 Å². The molecule has 2 saturated heterocycles. The van der Waals surface area contributed by atoms with Crippen molar-refractivity contribution in [2.24, 2.45) is 10.9 Å². The zero-order valence-corrected chi connectivity index (χ0v) is 19.5. The lowest BCUT2D eigenvalue weighted by Crippen LogP contribution is -2.42. The van der Waals surface area contributed by atoms with E-state index in [1.807, 2.05) is 19.2 Å². The first-order valence-electron chi connectivity index (χ1n) is 11.7. The third kappa shape index (κ3) is 6.34. The molecule has 2 aliphatic heterocycles. The van der Waals surface area contributed by atoms with Crippen molar-refractivity contribution in [1.29, 1.82) is 0 Å². The summed E-state index contributed by atoms with van der Waals surface area (Å²) >= 11 is 0. The molecule has 4 rings (SSSR count). The number of rotatable bonds is 8. The fraction of sp³-hybridized carbons (Fsp3) is 0.560. The number of morpholine rings is 1. The van der Waals surface area contributed by atoms with E-state index in [2.05, 4.69) is 56.3 Å². The van der Waals surface area contributed by atoms with Crippen LogP contribution in [0.15, 0.2) is 52.1 Å². The van der Waals surface area contributed by atoms with Crippen molar-refractivity contribution in [3.8, 4) is 0 Å². The van der Waals surface area contributed by atoms with Crippen LogP contribution in [-0.2, 0) is 24.4 Å². The molecule has 7 nitrogen and oxygen atoms in total. The molecule has 1 unspecified atom stereocenters. The number of nitrogens with zero attached hydrogens (tertiary/aromatic N) is 4. The van der Waals surface area contributed by atoms with E-state index in [9.17, 15) is 0 Å². The second-order valence-electron chi connectivity index (χ2n) is 8.93. The summed E-state index contributed by atoms with van der Waals surface area (Å²) in [5.41, 5.74) is 2.64. The van der Waals surface area contributed by atoms with E-state index in [1.54, 1.807) is 6.26 Å². The third-order valence-electron chi connectivity index (χ3n) is 6.42. The standard InChI is InChI=1S/C25H37N5O2/c1-26-25(30-10-9-21(18-30)17-29-11-14-31-15-12-29)27-16-22-6-3-4-7-23(22)19-28(2)20-24-8-5-13-32-24/h3-8,13,21H,9-12,14-20H2,1-2H3,(H,26,27). The zero-order valence-electron chi connectivity index (χ0n) is 19.5. The molecule has 0 aliphatic carbocycles. The lowest BCUT2D eigenvalue weighted by molar-refractivity contribution is 0.0315. The maximum atomic E-state index is 5.49. The van der Waals surface area contributed by atoms with E-state index in [4.69, 9.17) is 9.15 Å². The molecule has 0 amide bonds. The van der Waals surface area contributed by atoms with Crippen LogP contribution < -0.4 is 5.32 Å². The van der Waals surface area contributed by atoms with Gasteiger partial charge in [-0.15, -0.1) is 0 Å². The lowest BCUT2D eigenvalue weighted by Gasteiger charge is -2.29. The van der Waals surface area contributed by atoms with Gasteiger partial charge < -0.3 is 19.4 Å². The van der Waals surface area contributed by atoms with Crippen LogP contribution in [0, 0.1) is 5.92 Å². The number of ether oxygens (including phenoxy) is 1. The Morgan fingerprint density at radius 3 is 2.66 bits per heavy atom. The summed E-state index contributed by atoms with van der Waals surface area (Å²) in [6, 6.07) is 12.6. The zero-order chi connectivity index (χ0) is 22.2. The number of guanidine groups is 1. The Bertz CT molecular complexity index is 848. The molecule has 0 radical (unpaired) electrons. The third-order valence-corrected chi connectivity index (χ3v) is 6.42. The van der Waals surface area contributed by atoms with Crippen LogP contribution >= 0.6 is 0 Å². The number of hydrogen-bond donors (Lipinski definition) is 1. The van der Waals surface area contributed by atoms with Crippen molar-refractivity contribution in [1.82, 2.24) is 20.0 Å². The minimum atomic E-state index is 0.703. The fourth-order valence-corrected chi connectivity index (χ4v) is 4.73. The van der Waals surface area contributed by atoms with E-state index in [-0.39, 0.29) is 0 Å². The normalized spacial score (nSPS) is 20.3. The summed E-state index contributed by atoms with van der Waals surface area (Å²) < 4.78 is 11.0. The highest BCUT2D eigenvalue weighted by Gasteiger charge is 2.27. The quantitative estimate of drug-likeness (QED) is 0.504. The maximum absolute atomic E-state index is 5.49. The van der Waals surface area contributed by atoms with Crippen molar-refractivity contribution >= 4 is 5.96 Å². The van der Waals surface area contributed by atoms with E-state index in [0.717, 1.165) is 70.7 Å². The molecule has 1 atom stereocenters. The number of aliphatic imine (C=N–C) groups is 1. The molecule has 0 saturated carbocycles. The molecule has 0 bridgehead atoms. The molecule has 2 aromatic rings. The Hall–Kier alpha value is -2.35. The van der Waals surface area contributed by atoms with Crippen LogP contribution in [0.2, 0.25) is 0 Å². The largest absolute Gasteiger partial charge is 0.468 e. The Morgan fingerprint density at radius 1 is 1.09 bits per heavy atom. The molecular weight excluding hydrogens is 402 g/mol. The van der Waals surface area contributed by atoms with E-state index in [0.29, 0.717) is 5.92 Å². The van der Waals surface area contributed by atoms with Crippen LogP contribution in [0.3, 0.4) is 0 Å². The molecule has 1 aromatic carbocycles. The monoisotopic (exact) mass is 439 g/mol. The van der Waals surface area contributed by atoms with Crippen molar-refractivity contribution in [3.05, 3.63) is 59.5 Å². The van der Waals surface area contributed by atoms with Crippen molar-refractivity contribution in [2.45, 2.75) is 26.1 Å². The van der Waals surface area contributed by atoms with Gasteiger partial charge in [-0.3, -0.25) is 14.8 Å². The second kappa shape index (κ2) is 11.5. The SMILES string of the molecule is CN=C(NCc1ccccc1CN(C)Cc1ccco1)N1CCC(CN2CCOCC2)C1. The van der Waals surface area contributed by atoms with Crippen molar-refractivity contribution < 1.29 is 9.15 Å². The maximum Gasteiger partial charge on any atom is 0.193 e. The van der Waals surface area contributed by atoms with Gasteiger partial charge in [0.05, 0.1) is 26.0 Å². The Labute approximate surface area is 192 Å². The number of nitrogens with one attached hydrogen (secondary N) is 1. The Morgan fingerprint density at radius 2 is 1.91 bits per heavy atom. The first kappa shape index (κ1) is 22.8. The van der Waals surface area contributed by atoms with Crippen LogP contribution in [-0.4, -0.2) is 80.7 Å². The van der Waals surface area contributed by atoms with Crippen molar-refractivity contribution in [3.63, 3.8) is 0 Å². The summed E-state index contributed by atoms with van der Waals surface area (Å²) in [5, 5.41) is 3.62. The number of furan rings is 1. The first-order valence-corrected chi connectivity index (χ1v) is 11.7. The predicted molar refractivity (Wildman–Crippen MR) is 127 cm³/mol. The van der Waals surface area contributed by atoms with Gasteiger partial charge in [-0.1, -0.05) is 24.3 Å². The van der Waals surface area contributed by atoms with Gasteiger partial charge in [0, 0.05) is 52.9 Å². The predicted octanol–water partition coefficient (Wildman–Crippen LogP) is 2.64. The van der Waals surface area contributed by atoms with Gasteiger partial charge in [0.1, 0.15) is 5.76 Å². The van der Waals surface area contributed by atoms with Crippen LogP contribution in [0.1, 0.15) is 23.3 Å². The molecule has 0 spiro atoms. The number of hydrogen-bond acceptors (Lipinski definition) is 5. The highest BCUT2D eigenvalue weighted by atomic mass is 16.5. The molecule has 1 N–H and O–H groups in total. The van der Waals surface area contributed by atoms with Gasteiger partial charge in [-0.05, 0) is 42.6 Å². The lowest BCUT2D eigenvalue weighted by atomic mass is 10.1.